The lowest BCUT2D eigenvalue weighted by molar-refractivity contribution is 0.0997. The number of amides is 2. The van der Waals surface area contributed by atoms with Crippen LogP contribution in [0.15, 0.2) is 41.3 Å². The first kappa shape index (κ1) is 19.8. The van der Waals surface area contributed by atoms with Crippen molar-refractivity contribution in [2.75, 3.05) is 12.4 Å². The van der Waals surface area contributed by atoms with Crippen molar-refractivity contribution >= 4 is 27.5 Å². The number of carbonyl (C=O) groups excluding carboxylic acids is 2. The first-order valence-corrected chi connectivity index (χ1v) is 10.1. The summed E-state index contributed by atoms with van der Waals surface area (Å²) in [6, 6.07) is 8.83. The average Bonchev–Trinajstić information content (AvgIpc) is 3.44. The fraction of sp³-hybridized carbons (Fsp3) is 0.263. The van der Waals surface area contributed by atoms with E-state index in [9.17, 15) is 18.0 Å². The highest BCUT2D eigenvalue weighted by atomic mass is 32.2. The third-order valence-corrected chi connectivity index (χ3v) is 5.91. The van der Waals surface area contributed by atoms with E-state index < -0.39 is 21.8 Å². The van der Waals surface area contributed by atoms with Gasteiger partial charge in [0, 0.05) is 22.9 Å². The molecule has 0 heterocycles. The van der Waals surface area contributed by atoms with Gasteiger partial charge in [-0.15, -0.1) is 0 Å². The fourth-order valence-corrected chi connectivity index (χ4v) is 4.23. The summed E-state index contributed by atoms with van der Waals surface area (Å²) in [5, 5.41) is 2.69. The molecule has 0 aliphatic heterocycles. The van der Waals surface area contributed by atoms with Gasteiger partial charge in [-0.2, -0.15) is 0 Å². The second kappa shape index (κ2) is 7.61. The number of anilines is 1. The molecule has 0 radical (unpaired) electrons. The second-order valence-electron chi connectivity index (χ2n) is 6.61. The third kappa shape index (κ3) is 4.32. The zero-order valence-electron chi connectivity index (χ0n) is 15.5. The molecule has 3 rings (SSSR count). The molecule has 8 nitrogen and oxygen atoms in total. The number of hydrogen-bond acceptors (Lipinski definition) is 5. The lowest BCUT2D eigenvalue weighted by atomic mass is 10.1. The molecule has 0 unspecified atom stereocenters. The minimum atomic E-state index is -3.80. The molecule has 148 valence electrons. The minimum absolute atomic E-state index is 0.0704. The Morgan fingerprint density at radius 1 is 1.14 bits per heavy atom. The first-order valence-electron chi connectivity index (χ1n) is 8.63. The van der Waals surface area contributed by atoms with E-state index in [4.69, 9.17) is 10.5 Å². The number of benzene rings is 2. The van der Waals surface area contributed by atoms with E-state index in [1.807, 2.05) is 0 Å². The summed E-state index contributed by atoms with van der Waals surface area (Å²) >= 11 is 0. The fourth-order valence-electron chi connectivity index (χ4n) is 2.73. The second-order valence-corrected chi connectivity index (χ2v) is 8.29. The van der Waals surface area contributed by atoms with Crippen molar-refractivity contribution in [3.8, 4) is 5.75 Å². The molecule has 1 aliphatic carbocycles. The Hall–Kier alpha value is -2.91. The Morgan fingerprint density at radius 2 is 1.86 bits per heavy atom. The van der Waals surface area contributed by atoms with E-state index in [1.54, 1.807) is 19.1 Å². The Kier molecular flexibility index (Phi) is 5.39. The maximum atomic E-state index is 12.6. The van der Waals surface area contributed by atoms with Crippen molar-refractivity contribution in [3.05, 3.63) is 53.1 Å². The van der Waals surface area contributed by atoms with Crippen LogP contribution in [-0.2, 0) is 10.0 Å². The van der Waals surface area contributed by atoms with Gasteiger partial charge in [-0.05, 0) is 61.7 Å². The van der Waals surface area contributed by atoms with Crippen LogP contribution in [0.2, 0.25) is 0 Å². The lowest BCUT2D eigenvalue weighted by Gasteiger charge is -2.13. The number of ether oxygens (including phenoxy) is 1. The van der Waals surface area contributed by atoms with Crippen LogP contribution in [-0.4, -0.2) is 33.4 Å². The van der Waals surface area contributed by atoms with Gasteiger partial charge in [0.25, 0.3) is 5.91 Å². The summed E-state index contributed by atoms with van der Waals surface area (Å²) in [7, 11) is -2.43. The normalized spacial score (nSPS) is 13.8. The predicted molar refractivity (Wildman–Crippen MR) is 104 cm³/mol. The molecule has 1 saturated carbocycles. The number of primary amides is 1. The van der Waals surface area contributed by atoms with Crippen LogP contribution in [0, 0.1) is 6.92 Å². The van der Waals surface area contributed by atoms with Gasteiger partial charge in [0.15, 0.2) is 0 Å². The molecule has 9 heteroatoms. The van der Waals surface area contributed by atoms with Gasteiger partial charge in [-0.25, -0.2) is 13.1 Å². The highest BCUT2D eigenvalue weighted by molar-refractivity contribution is 7.89. The van der Waals surface area contributed by atoms with Gasteiger partial charge in [-0.1, -0.05) is 0 Å². The van der Waals surface area contributed by atoms with Gasteiger partial charge >= 0.3 is 0 Å². The summed E-state index contributed by atoms with van der Waals surface area (Å²) in [6.45, 7) is 1.71. The van der Waals surface area contributed by atoms with Crippen LogP contribution in [0.4, 0.5) is 5.69 Å². The maximum Gasteiger partial charge on any atom is 0.255 e. The zero-order chi connectivity index (χ0) is 20.5. The van der Waals surface area contributed by atoms with Crippen LogP contribution in [0.3, 0.4) is 0 Å². The molecule has 1 fully saturated rings. The smallest absolute Gasteiger partial charge is 0.255 e. The summed E-state index contributed by atoms with van der Waals surface area (Å²) < 4.78 is 32.9. The SMILES string of the molecule is COc1ccc(C(=O)Nc2ccc(C(N)=O)c(C)c2)cc1S(=O)(=O)NC1CC1. The molecule has 1 aliphatic rings. The van der Waals surface area contributed by atoms with E-state index in [-0.39, 0.29) is 22.3 Å². The molecular formula is C19H21N3O5S. The average molecular weight is 403 g/mol. The summed E-state index contributed by atoms with van der Waals surface area (Å²) in [6.07, 6.45) is 1.59. The summed E-state index contributed by atoms with van der Waals surface area (Å²) in [5.74, 6) is -0.883. The maximum absolute atomic E-state index is 12.6. The lowest BCUT2D eigenvalue weighted by Crippen LogP contribution is -2.26. The van der Waals surface area contributed by atoms with Gasteiger partial charge < -0.3 is 15.8 Å². The molecule has 2 aromatic rings. The minimum Gasteiger partial charge on any atom is -0.495 e. The van der Waals surface area contributed by atoms with Crippen molar-refractivity contribution < 1.29 is 22.7 Å². The van der Waals surface area contributed by atoms with Crippen molar-refractivity contribution in [3.63, 3.8) is 0 Å². The number of aryl methyl sites for hydroxylation is 1. The molecule has 4 N–H and O–H groups in total. The quantitative estimate of drug-likeness (QED) is 0.649. The number of nitrogens with one attached hydrogen (secondary N) is 2. The van der Waals surface area contributed by atoms with Crippen molar-refractivity contribution in [2.24, 2.45) is 5.73 Å². The monoisotopic (exact) mass is 403 g/mol. The molecule has 0 atom stereocenters. The van der Waals surface area contributed by atoms with E-state index in [2.05, 4.69) is 10.0 Å². The number of rotatable bonds is 7. The summed E-state index contributed by atoms with van der Waals surface area (Å²) in [4.78, 5) is 23.8. The Morgan fingerprint density at radius 3 is 2.43 bits per heavy atom. The van der Waals surface area contributed by atoms with E-state index in [0.29, 0.717) is 16.8 Å². The first-order chi connectivity index (χ1) is 13.2. The highest BCUT2D eigenvalue weighted by Crippen LogP contribution is 2.28. The van der Waals surface area contributed by atoms with E-state index in [0.717, 1.165) is 12.8 Å². The zero-order valence-corrected chi connectivity index (χ0v) is 16.3. The molecule has 28 heavy (non-hydrogen) atoms. The molecule has 0 saturated heterocycles. The van der Waals surface area contributed by atoms with Gasteiger partial charge in [0.1, 0.15) is 10.6 Å². The van der Waals surface area contributed by atoms with E-state index >= 15 is 0 Å². The van der Waals surface area contributed by atoms with Crippen molar-refractivity contribution in [1.29, 1.82) is 0 Å². The predicted octanol–water partition coefficient (Wildman–Crippen LogP) is 1.80. The molecule has 0 aromatic heterocycles. The van der Waals surface area contributed by atoms with E-state index in [1.165, 1.54) is 31.4 Å². The number of carbonyl (C=O) groups is 2. The molecular weight excluding hydrogens is 382 g/mol. The standard InChI is InChI=1S/C19H21N3O5S/c1-11-9-14(6-7-15(11)18(20)23)21-19(24)12-3-8-16(27-2)17(10-12)28(25,26)22-13-4-5-13/h3,6-10,13,22H,4-5H2,1-2H3,(H2,20,23)(H,21,24). The van der Waals surface area contributed by atoms with Crippen LogP contribution in [0.1, 0.15) is 39.1 Å². The molecule has 0 spiro atoms. The number of hydrogen-bond donors (Lipinski definition) is 3. The Labute approximate surface area is 163 Å². The molecule has 2 amide bonds. The van der Waals surface area contributed by atoms with Gasteiger partial charge in [-0.3, -0.25) is 9.59 Å². The Balaban J connectivity index is 1.87. The largest absolute Gasteiger partial charge is 0.495 e. The van der Waals surface area contributed by atoms with Gasteiger partial charge in [0.2, 0.25) is 15.9 Å². The van der Waals surface area contributed by atoms with Crippen LogP contribution < -0.4 is 20.5 Å². The Bertz CT molecular complexity index is 1050. The van der Waals surface area contributed by atoms with Crippen LogP contribution in [0.25, 0.3) is 0 Å². The topological polar surface area (TPSA) is 128 Å². The number of sulfonamides is 1. The van der Waals surface area contributed by atoms with Crippen LogP contribution in [0.5, 0.6) is 5.75 Å². The molecule has 0 bridgehead atoms. The molecule has 2 aromatic carbocycles. The highest BCUT2D eigenvalue weighted by Gasteiger charge is 2.30. The van der Waals surface area contributed by atoms with Crippen LogP contribution >= 0.6 is 0 Å². The summed E-state index contributed by atoms with van der Waals surface area (Å²) in [5.41, 5.74) is 6.89. The third-order valence-electron chi connectivity index (χ3n) is 4.36. The number of methoxy groups -OCH3 is 1. The van der Waals surface area contributed by atoms with Crippen molar-refractivity contribution in [1.82, 2.24) is 4.72 Å². The van der Waals surface area contributed by atoms with Gasteiger partial charge in [0.05, 0.1) is 7.11 Å². The number of nitrogens with two attached hydrogens (primary N) is 1. The van der Waals surface area contributed by atoms with Crippen molar-refractivity contribution in [2.45, 2.75) is 30.7 Å².